The van der Waals surface area contributed by atoms with Crippen LogP contribution in [0.2, 0.25) is 0 Å². The standard InChI is InChI=1S/C69H53N/c1-5-20-50(21-6-1)46-56-26-13-14-31-63(56)66-49-62(43-38-57(66)47-51-22-7-2-8-23-51)70(60-41-36-53(37-42-60)55-28-19-27-54(48-55)52-24-9-3-10-25-52)61-44-39-59(40-45-61)69(58-29-11-4-12-30-58)67-34-17-15-32-64(67)65-33-16-18-35-68(65)69/h1-29,31-45,48-49,58H,30,46-47H2. The molecule has 0 N–H and O–H groups in total. The van der Waals surface area contributed by atoms with Crippen molar-refractivity contribution in [2.45, 2.75) is 24.7 Å². The molecule has 1 nitrogen and oxygen atoms in total. The number of allylic oxidation sites excluding steroid dienone is 4. The summed E-state index contributed by atoms with van der Waals surface area (Å²) in [6.45, 7) is 0. The predicted octanol–water partition coefficient (Wildman–Crippen LogP) is 17.8. The van der Waals surface area contributed by atoms with Gasteiger partial charge in [0.15, 0.2) is 0 Å². The maximum absolute atomic E-state index is 2.45. The van der Waals surface area contributed by atoms with Crippen LogP contribution in [0.4, 0.5) is 17.1 Å². The van der Waals surface area contributed by atoms with Gasteiger partial charge in [-0.05, 0) is 151 Å². The van der Waals surface area contributed by atoms with Gasteiger partial charge in [0.1, 0.15) is 0 Å². The molecule has 334 valence electrons. The summed E-state index contributed by atoms with van der Waals surface area (Å²) in [5.41, 5.74) is 22.2. The van der Waals surface area contributed by atoms with Crippen LogP contribution in [0.3, 0.4) is 0 Å². The van der Waals surface area contributed by atoms with E-state index in [0.717, 1.165) is 36.3 Å². The molecule has 0 aromatic heterocycles. The molecule has 10 aromatic carbocycles. The molecule has 0 amide bonds. The second-order valence-electron chi connectivity index (χ2n) is 18.8. The minimum Gasteiger partial charge on any atom is -0.310 e. The largest absolute Gasteiger partial charge is 0.310 e. The summed E-state index contributed by atoms with van der Waals surface area (Å²) in [4.78, 5) is 2.45. The van der Waals surface area contributed by atoms with Gasteiger partial charge in [-0.1, -0.05) is 237 Å². The molecule has 0 heterocycles. The van der Waals surface area contributed by atoms with Gasteiger partial charge in [-0.25, -0.2) is 0 Å². The first kappa shape index (κ1) is 42.8. The Balaban J connectivity index is 1.01. The molecule has 70 heavy (non-hydrogen) atoms. The highest BCUT2D eigenvalue weighted by atomic mass is 15.1. The molecule has 0 fully saturated rings. The molecular weight excluding hydrogens is 843 g/mol. The normalized spacial score (nSPS) is 14.2. The summed E-state index contributed by atoms with van der Waals surface area (Å²) in [5.74, 6) is 0.257. The lowest BCUT2D eigenvalue weighted by atomic mass is 9.62. The molecular formula is C69H53N. The summed E-state index contributed by atoms with van der Waals surface area (Å²) >= 11 is 0. The van der Waals surface area contributed by atoms with Crippen LogP contribution in [0.5, 0.6) is 0 Å². The van der Waals surface area contributed by atoms with Crippen molar-refractivity contribution in [3.05, 3.63) is 318 Å². The van der Waals surface area contributed by atoms with E-state index in [4.69, 9.17) is 0 Å². The Morgan fingerprint density at radius 3 is 1.44 bits per heavy atom. The van der Waals surface area contributed by atoms with Gasteiger partial charge in [0.25, 0.3) is 0 Å². The average molecular weight is 896 g/mol. The lowest BCUT2D eigenvalue weighted by molar-refractivity contribution is 0.457. The van der Waals surface area contributed by atoms with Crippen molar-refractivity contribution in [1.29, 1.82) is 0 Å². The lowest BCUT2D eigenvalue weighted by Crippen LogP contribution is -2.35. The molecule has 0 spiro atoms. The first-order chi connectivity index (χ1) is 34.7. The van der Waals surface area contributed by atoms with E-state index in [2.05, 4.69) is 284 Å². The number of hydrogen-bond acceptors (Lipinski definition) is 1. The summed E-state index contributed by atoms with van der Waals surface area (Å²) in [6.07, 6.45) is 11.9. The monoisotopic (exact) mass is 895 g/mol. The van der Waals surface area contributed by atoms with Crippen LogP contribution in [-0.2, 0) is 18.3 Å². The van der Waals surface area contributed by atoms with Gasteiger partial charge >= 0.3 is 0 Å². The van der Waals surface area contributed by atoms with Crippen molar-refractivity contribution < 1.29 is 0 Å². The number of benzene rings is 10. The summed E-state index contributed by atoms with van der Waals surface area (Å²) in [5, 5.41) is 0. The van der Waals surface area contributed by atoms with E-state index >= 15 is 0 Å². The van der Waals surface area contributed by atoms with Crippen LogP contribution in [-0.4, -0.2) is 0 Å². The second kappa shape index (κ2) is 18.9. The third-order valence-corrected chi connectivity index (χ3v) is 14.7. The topological polar surface area (TPSA) is 3.24 Å². The van der Waals surface area contributed by atoms with E-state index in [1.54, 1.807) is 0 Å². The summed E-state index contributed by atoms with van der Waals surface area (Å²) in [7, 11) is 0. The molecule has 0 aliphatic heterocycles. The molecule has 0 radical (unpaired) electrons. The highest BCUT2D eigenvalue weighted by Gasteiger charge is 2.48. The van der Waals surface area contributed by atoms with E-state index in [9.17, 15) is 0 Å². The molecule has 2 aliphatic rings. The van der Waals surface area contributed by atoms with E-state index in [1.807, 2.05) is 0 Å². The van der Waals surface area contributed by atoms with Crippen LogP contribution in [0.1, 0.15) is 45.4 Å². The predicted molar refractivity (Wildman–Crippen MR) is 294 cm³/mol. The number of hydrogen-bond donors (Lipinski definition) is 0. The molecule has 0 saturated heterocycles. The highest BCUT2D eigenvalue weighted by Crippen LogP contribution is 2.58. The maximum atomic E-state index is 2.45. The number of rotatable bonds is 12. The first-order valence-electron chi connectivity index (χ1n) is 24.7. The fourth-order valence-electron chi connectivity index (χ4n) is 11.4. The van der Waals surface area contributed by atoms with Crippen LogP contribution in [0.25, 0.3) is 44.5 Å². The smallest absolute Gasteiger partial charge is 0.0529 e. The van der Waals surface area contributed by atoms with Crippen molar-refractivity contribution in [1.82, 2.24) is 0 Å². The molecule has 0 saturated carbocycles. The fourth-order valence-corrected chi connectivity index (χ4v) is 11.4. The SMILES string of the molecule is C1=CCC(C2(c3ccc(N(c4ccc(-c5cccc(-c6ccccc6)c5)cc4)c4ccc(Cc5ccccc5)c(-c5ccccc5Cc5ccccc5)c4)cc3)c3ccccc3-c3ccccc32)C=C1. The highest BCUT2D eigenvalue weighted by molar-refractivity contribution is 5.86. The van der Waals surface area contributed by atoms with E-state index in [-0.39, 0.29) is 11.3 Å². The van der Waals surface area contributed by atoms with Crippen molar-refractivity contribution >= 4 is 17.1 Å². The molecule has 10 aromatic rings. The van der Waals surface area contributed by atoms with Crippen molar-refractivity contribution in [2.24, 2.45) is 5.92 Å². The lowest BCUT2D eigenvalue weighted by Gasteiger charge is -2.40. The summed E-state index contributed by atoms with van der Waals surface area (Å²) < 4.78 is 0. The quantitative estimate of drug-likeness (QED) is 0.118. The Labute approximate surface area is 413 Å². The van der Waals surface area contributed by atoms with E-state index < -0.39 is 0 Å². The summed E-state index contributed by atoms with van der Waals surface area (Å²) in [6, 6.07) is 94.3. The zero-order valence-electron chi connectivity index (χ0n) is 39.2. The molecule has 12 rings (SSSR count). The van der Waals surface area contributed by atoms with Crippen molar-refractivity contribution in [2.75, 3.05) is 4.90 Å². The minimum atomic E-state index is -0.345. The van der Waals surface area contributed by atoms with Crippen LogP contribution in [0.15, 0.2) is 279 Å². The van der Waals surface area contributed by atoms with E-state index in [1.165, 1.54) is 83.5 Å². The zero-order valence-corrected chi connectivity index (χ0v) is 39.2. The van der Waals surface area contributed by atoms with Crippen LogP contribution >= 0.6 is 0 Å². The van der Waals surface area contributed by atoms with E-state index in [0.29, 0.717) is 0 Å². The first-order valence-corrected chi connectivity index (χ1v) is 24.7. The van der Waals surface area contributed by atoms with Gasteiger partial charge < -0.3 is 4.90 Å². The third-order valence-electron chi connectivity index (χ3n) is 14.7. The Kier molecular flexibility index (Phi) is 11.5. The van der Waals surface area contributed by atoms with Gasteiger partial charge in [0.05, 0.1) is 5.41 Å². The van der Waals surface area contributed by atoms with Gasteiger partial charge in [-0.15, -0.1) is 0 Å². The number of anilines is 3. The van der Waals surface area contributed by atoms with Crippen molar-refractivity contribution in [3.63, 3.8) is 0 Å². The fraction of sp³-hybridized carbons (Fsp3) is 0.0725. The van der Waals surface area contributed by atoms with Gasteiger partial charge in [0.2, 0.25) is 0 Å². The minimum absolute atomic E-state index is 0.257. The Bertz CT molecular complexity index is 3450. The second-order valence-corrected chi connectivity index (χ2v) is 18.8. The Morgan fingerprint density at radius 2 is 0.843 bits per heavy atom. The van der Waals surface area contributed by atoms with Crippen molar-refractivity contribution in [3.8, 4) is 44.5 Å². The molecule has 2 aliphatic carbocycles. The molecule has 1 heteroatoms. The number of fused-ring (bicyclic) bond motifs is 3. The van der Waals surface area contributed by atoms with Crippen LogP contribution < -0.4 is 4.90 Å². The maximum Gasteiger partial charge on any atom is 0.0529 e. The Hall–Kier alpha value is -8.52. The number of nitrogens with zero attached hydrogens (tertiary/aromatic N) is 1. The zero-order chi connectivity index (χ0) is 46.7. The Morgan fingerprint density at radius 1 is 0.357 bits per heavy atom. The third kappa shape index (κ3) is 8.00. The van der Waals surface area contributed by atoms with Gasteiger partial charge in [-0.2, -0.15) is 0 Å². The van der Waals surface area contributed by atoms with Gasteiger partial charge in [0, 0.05) is 17.1 Å². The van der Waals surface area contributed by atoms with Gasteiger partial charge in [-0.3, -0.25) is 0 Å². The molecule has 1 atom stereocenters. The molecule has 1 unspecified atom stereocenters. The average Bonchev–Trinajstić information content (AvgIpc) is 3.74. The van der Waals surface area contributed by atoms with Crippen LogP contribution in [0, 0.1) is 5.92 Å². The molecule has 0 bridgehead atoms.